The van der Waals surface area contributed by atoms with Gasteiger partial charge in [-0.15, -0.1) is 0 Å². The summed E-state index contributed by atoms with van der Waals surface area (Å²) in [4.78, 5) is 11.7. The number of para-hydroxylation sites is 1. The van der Waals surface area contributed by atoms with Gasteiger partial charge >= 0.3 is 0 Å². The predicted octanol–water partition coefficient (Wildman–Crippen LogP) is 2.23. The Morgan fingerprint density at radius 1 is 1.09 bits per heavy atom. The molecule has 116 valence electrons. The number of benzene rings is 2. The minimum Gasteiger partial charge on any atom is -0.366 e. The molecule has 0 atom stereocenters. The zero-order chi connectivity index (χ0) is 16.5. The Bertz CT molecular complexity index is 829. The van der Waals surface area contributed by atoms with E-state index in [9.17, 15) is 13.2 Å². The minimum absolute atomic E-state index is 0.166. The summed E-state index contributed by atoms with van der Waals surface area (Å²) >= 11 is 0. The van der Waals surface area contributed by atoms with Crippen LogP contribution in [-0.2, 0) is 10.0 Å². The molecule has 0 heterocycles. The van der Waals surface area contributed by atoms with Crippen LogP contribution in [0.1, 0.15) is 21.5 Å². The highest BCUT2D eigenvalue weighted by atomic mass is 32.2. The lowest BCUT2D eigenvalue weighted by Gasteiger charge is -2.22. The summed E-state index contributed by atoms with van der Waals surface area (Å²) in [6, 6.07) is 11.6. The van der Waals surface area contributed by atoms with Gasteiger partial charge in [-0.1, -0.05) is 24.3 Å². The maximum absolute atomic E-state index is 12.9. The fourth-order valence-electron chi connectivity index (χ4n) is 2.22. The highest BCUT2D eigenvalue weighted by Crippen LogP contribution is 2.27. The molecule has 6 heteroatoms. The molecule has 0 saturated carbocycles. The van der Waals surface area contributed by atoms with Crippen molar-refractivity contribution in [3.8, 4) is 0 Å². The summed E-state index contributed by atoms with van der Waals surface area (Å²) in [6.07, 6.45) is 0. The van der Waals surface area contributed by atoms with Crippen LogP contribution in [0.2, 0.25) is 0 Å². The number of amides is 1. The Morgan fingerprint density at radius 2 is 1.73 bits per heavy atom. The Kier molecular flexibility index (Phi) is 4.23. The van der Waals surface area contributed by atoms with Crippen LogP contribution in [0.25, 0.3) is 0 Å². The number of sulfonamides is 1. The molecule has 2 aromatic rings. The number of anilines is 1. The first-order valence-electron chi connectivity index (χ1n) is 6.70. The van der Waals surface area contributed by atoms with E-state index in [1.165, 1.54) is 13.1 Å². The Balaban J connectivity index is 2.60. The molecule has 0 fully saturated rings. The first-order chi connectivity index (χ1) is 10.2. The second kappa shape index (κ2) is 5.81. The average Bonchev–Trinajstić information content (AvgIpc) is 2.48. The van der Waals surface area contributed by atoms with E-state index in [2.05, 4.69) is 0 Å². The van der Waals surface area contributed by atoms with E-state index in [1.807, 2.05) is 13.0 Å². The number of aryl methyl sites for hydroxylation is 2. The molecule has 0 radical (unpaired) electrons. The van der Waals surface area contributed by atoms with Crippen molar-refractivity contribution in [1.29, 1.82) is 0 Å². The van der Waals surface area contributed by atoms with Gasteiger partial charge in [0.1, 0.15) is 0 Å². The number of hydrogen-bond acceptors (Lipinski definition) is 3. The zero-order valence-electron chi connectivity index (χ0n) is 12.7. The fourth-order valence-corrected chi connectivity index (χ4v) is 3.74. The van der Waals surface area contributed by atoms with Gasteiger partial charge in [-0.05, 0) is 43.2 Å². The van der Waals surface area contributed by atoms with E-state index in [4.69, 9.17) is 5.73 Å². The quantitative estimate of drug-likeness (QED) is 0.938. The molecule has 1 amide bonds. The van der Waals surface area contributed by atoms with Crippen molar-refractivity contribution in [2.24, 2.45) is 5.73 Å². The second-order valence-corrected chi connectivity index (χ2v) is 7.06. The predicted molar refractivity (Wildman–Crippen MR) is 86.5 cm³/mol. The molecule has 0 aromatic heterocycles. The van der Waals surface area contributed by atoms with Crippen LogP contribution in [0, 0.1) is 13.8 Å². The Hall–Kier alpha value is -2.34. The van der Waals surface area contributed by atoms with Gasteiger partial charge in [0.15, 0.2) is 0 Å². The summed E-state index contributed by atoms with van der Waals surface area (Å²) in [5.74, 6) is -0.668. The standard InChI is InChI=1S/C16H18N2O3S/c1-11-8-9-12(2)15(10-11)22(20,21)18(3)14-7-5-4-6-13(14)16(17)19/h4-10H,1-3H3,(H2,17,19). The van der Waals surface area contributed by atoms with Gasteiger partial charge in [0.05, 0.1) is 16.1 Å². The van der Waals surface area contributed by atoms with Crippen LogP contribution in [0.5, 0.6) is 0 Å². The topological polar surface area (TPSA) is 80.5 Å². The summed E-state index contributed by atoms with van der Waals surface area (Å²) in [5, 5.41) is 0. The van der Waals surface area contributed by atoms with E-state index in [0.717, 1.165) is 9.87 Å². The van der Waals surface area contributed by atoms with E-state index >= 15 is 0 Å². The molecule has 0 saturated heterocycles. The van der Waals surface area contributed by atoms with Gasteiger partial charge in [0.2, 0.25) is 0 Å². The van der Waals surface area contributed by atoms with Crippen LogP contribution in [0.4, 0.5) is 5.69 Å². The van der Waals surface area contributed by atoms with Crippen molar-refractivity contribution in [3.63, 3.8) is 0 Å². The van der Waals surface area contributed by atoms with Gasteiger partial charge in [-0.25, -0.2) is 8.42 Å². The molecule has 0 aliphatic rings. The molecular formula is C16H18N2O3S. The van der Waals surface area contributed by atoms with Crippen LogP contribution in [-0.4, -0.2) is 21.4 Å². The third-order valence-electron chi connectivity index (χ3n) is 3.49. The van der Waals surface area contributed by atoms with Gasteiger partial charge in [-0.3, -0.25) is 9.10 Å². The van der Waals surface area contributed by atoms with Gasteiger partial charge < -0.3 is 5.73 Å². The van der Waals surface area contributed by atoms with Crippen molar-refractivity contribution >= 4 is 21.6 Å². The monoisotopic (exact) mass is 318 g/mol. The molecule has 2 rings (SSSR count). The van der Waals surface area contributed by atoms with Crippen LogP contribution in [0.15, 0.2) is 47.4 Å². The van der Waals surface area contributed by atoms with Crippen LogP contribution < -0.4 is 10.0 Å². The lowest BCUT2D eigenvalue weighted by Crippen LogP contribution is -2.29. The number of primary amides is 1. The smallest absolute Gasteiger partial charge is 0.264 e. The lowest BCUT2D eigenvalue weighted by molar-refractivity contribution is 0.100. The Labute approximate surface area is 130 Å². The molecule has 0 bridgehead atoms. The van der Waals surface area contributed by atoms with Crippen LogP contribution in [0.3, 0.4) is 0 Å². The van der Waals surface area contributed by atoms with Crippen molar-refractivity contribution < 1.29 is 13.2 Å². The van der Waals surface area contributed by atoms with Crippen molar-refractivity contribution in [2.75, 3.05) is 11.4 Å². The van der Waals surface area contributed by atoms with Gasteiger partial charge in [0, 0.05) is 7.05 Å². The number of nitrogens with two attached hydrogens (primary N) is 1. The van der Waals surface area contributed by atoms with Crippen molar-refractivity contribution in [1.82, 2.24) is 0 Å². The second-order valence-electron chi connectivity index (χ2n) is 5.12. The number of carbonyl (C=O) groups excluding carboxylic acids is 1. The maximum Gasteiger partial charge on any atom is 0.264 e. The zero-order valence-corrected chi connectivity index (χ0v) is 13.5. The third kappa shape index (κ3) is 2.82. The first-order valence-corrected chi connectivity index (χ1v) is 8.14. The molecule has 2 aromatic carbocycles. The highest BCUT2D eigenvalue weighted by molar-refractivity contribution is 7.92. The number of hydrogen-bond donors (Lipinski definition) is 1. The van der Waals surface area contributed by atoms with Crippen molar-refractivity contribution in [3.05, 3.63) is 59.2 Å². The lowest BCUT2D eigenvalue weighted by atomic mass is 10.2. The third-order valence-corrected chi connectivity index (χ3v) is 5.40. The van der Waals surface area contributed by atoms with E-state index < -0.39 is 15.9 Å². The van der Waals surface area contributed by atoms with Crippen molar-refractivity contribution in [2.45, 2.75) is 18.7 Å². The fraction of sp³-hybridized carbons (Fsp3) is 0.188. The van der Waals surface area contributed by atoms with Gasteiger partial charge in [0.25, 0.3) is 15.9 Å². The molecule has 0 unspecified atom stereocenters. The van der Waals surface area contributed by atoms with E-state index in [-0.39, 0.29) is 16.1 Å². The number of rotatable bonds is 4. The molecule has 5 nitrogen and oxygen atoms in total. The summed E-state index contributed by atoms with van der Waals surface area (Å²) in [5.41, 5.74) is 7.25. The summed E-state index contributed by atoms with van der Waals surface area (Å²) in [6.45, 7) is 3.57. The molecular weight excluding hydrogens is 300 g/mol. The minimum atomic E-state index is -3.78. The largest absolute Gasteiger partial charge is 0.366 e. The normalized spacial score (nSPS) is 11.2. The molecule has 22 heavy (non-hydrogen) atoms. The highest BCUT2D eigenvalue weighted by Gasteiger charge is 2.25. The Morgan fingerprint density at radius 3 is 2.36 bits per heavy atom. The molecule has 0 aliphatic heterocycles. The number of nitrogens with zero attached hydrogens (tertiary/aromatic N) is 1. The van der Waals surface area contributed by atoms with E-state index in [0.29, 0.717) is 5.56 Å². The molecule has 0 spiro atoms. The summed E-state index contributed by atoms with van der Waals surface area (Å²) in [7, 11) is -2.36. The number of carbonyl (C=O) groups is 1. The first kappa shape index (κ1) is 16.0. The molecule has 2 N–H and O–H groups in total. The maximum atomic E-state index is 12.9. The van der Waals surface area contributed by atoms with E-state index in [1.54, 1.807) is 37.3 Å². The summed E-state index contributed by atoms with van der Waals surface area (Å²) < 4.78 is 26.8. The average molecular weight is 318 g/mol. The molecule has 0 aliphatic carbocycles. The van der Waals surface area contributed by atoms with Crippen LogP contribution >= 0.6 is 0 Å². The SMILES string of the molecule is Cc1ccc(C)c(S(=O)(=O)N(C)c2ccccc2C(N)=O)c1. The van der Waals surface area contributed by atoms with Gasteiger partial charge in [-0.2, -0.15) is 0 Å².